The van der Waals surface area contributed by atoms with Crippen LogP contribution in [0.25, 0.3) is 27.8 Å². The summed E-state index contributed by atoms with van der Waals surface area (Å²) >= 11 is 0. The molecular formula is C33H41N7O3. The smallest absolute Gasteiger partial charge is 0.255 e. The van der Waals surface area contributed by atoms with Gasteiger partial charge in [-0.25, -0.2) is 4.52 Å². The van der Waals surface area contributed by atoms with Crippen LogP contribution in [-0.4, -0.2) is 86.7 Å². The number of carbonyl (C=O) groups excluding carboxylic acids is 2. The highest BCUT2D eigenvalue weighted by Crippen LogP contribution is 2.40. The van der Waals surface area contributed by atoms with E-state index in [0.29, 0.717) is 18.0 Å². The third-order valence-corrected chi connectivity index (χ3v) is 9.59. The zero-order chi connectivity index (χ0) is 29.7. The van der Waals surface area contributed by atoms with Crippen LogP contribution in [0, 0.1) is 12.8 Å². The van der Waals surface area contributed by atoms with Gasteiger partial charge in [0, 0.05) is 75.1 Å². The van der Waals surface area contributed by atoms with Crippen LogP contribution in [0.3, 0.4) is 0 Å². The number of likely N-dealkylation sites (tertiary alicyclic amines) is 2. The molecule has 0 aromatic carbocycles. The first kappa shape index (κ1) is 28.0. The Hall–Kier alpha value is -3.76. The maximum Gasteiger partial charge on any atom is 0.255 e. The zero-order valence-corrected chi connectivity index (χ0v) is 25.2. The van der Waals surface area contributed by atoms with Crippen LogP contribution in [0.5, 0.6) is 0 Å². The molecule has 0 unspecified atom stereocenters. The van der Waals surface area contributed by atoms with Crippen molar-refractivity contribution in [3.63, 3.8) is 0 Å². The van der Waals surface area contributed by atoms with E-state index in [1.54, 1.807) is 7.11 Å². The van der Waals surface area contributed by atoms with Crippen molar-refractivity contribution in [1.29, 1.82) is 0 Å². The highest BCUT2D eigenvalue weighted by Gasteiger charge is 2.31. The Balaban J connectivity index is 1.25. The molecule has 0 radical (unpaired) electrons. The quantitative estimate of drug-likeness (QED) is 0.352. The number of amides is 2. The minimum atomic E-state index is 0.0142. The highest BCUT2D eigenvalue weighted by atomic mass is 16.5. The van der Waals surface area contributed by atoms with Crippen molar-refractivity contribution in [1.82, 2.24) is 29.0 Å². The number of rotatable bonds is 7. The van der Waals surface area contributed by atoms with Gasteiger partial charge >= 0.3 is 0 Å². The molecule has 2 N–H and O–H groups in total. The molecule has 2 amide bonds. The molecule has 6 heterocycles. The van der Waals surface area contributed by atoms with Crippen LogP contribution >= 0.6 is 0 Å². The fourth-order valence-corrected chi connectivity index (χ4v) is 7.02. The molecule has 0 spiro atoms. The number of nitrogens with zero attached hydrogens (tertiary/aromatic N) is 6. The van der Waals surface area contributed by atoms with Crippen molar-refractivity contribution in [3.8, 4) is 11.4 Å². The van der Waals surface area contributed by atoms with Crippen molar-refractivity contribution in [2.75, 3.05) is 39.9 Å². The van der Waals surface area contributed by atoms with Gasteiger partial charge in [0.05, 0.1) is 28.0 Å². The summed E-state index contributed by atoms with van der Waals surface area (Å²) in [5.74, 6) is 1.02. The van der Waals surface area contributed by atoms with Crippen LogP contribution in [0.1, 0.15) is 66.1 Å². The van der Waals surface area contributed by atoms with Gasteiger partial charge in [0.15, 0.2) is 0 Å². The van der Waals surface area contributed by atoms with Gasteiger partial charge in [0.1, 0.15) is 12.3 Å². The summed E-state index contributed by atoms with van der Waals surface area (Å²) in [6, 6.07) is 8.34. The summed E-state index contributed by atoms with van der Waals surface area (Å²) in [4.78, 5) is 34.4. The van der Waals surface area contributed by atoms with E-state index in [0.717, 1.165) is 80.0 Å². The molecule has 1 saturated carbocycles. The first-order valence-electron chi connectivity index (χ1n) is 15.7. The first-order chi connectivity index (χ1) is 20.9. The van der Waals surface area contributed by atoms with E-state index in [1.165, 1.54) is 23.7 Å². The molecule has 10 nitrogen and oxygen atoms in total. The number of methoxy groups -OCH3 is 1. The van der Waals surface area contributed by atoms with Crippen molar-refractivity contribution in [3.05, 3.63) is 53.5 Å². The van der Waals surface area contributed by atoms with E-state index >= 15 is 0 Å². The standard InChI is InChI=1S/C33H41N7O3/c1-21-27-8-7-25(33(42)38-13-3-4-26(34)19-38)18-40(27)36-30(21)28-16-24-9-12-35-31(32(24)39(28)17-22-5-6-22)23-10-14-37(15-11-23)29(41)20-43-2/h7-9,12,16,18,22-23,26H,3-6,10-11,13-15,17,19-20,34H2,1-2H3/t26-/m1/s1. The number of nitrogens with two attached hydrogens (primary N) is 1. The van der Waals surface area contributed by atoms with Gasteiger partial charge in [-0.1, -0.05) is 0 Å². The van der Waals surface area contributed by atoms with E-state index in [2.05, 4.69) is 23.6 Å². The van der Waals surface area contributed by atoms with Gasteiger partial charge in [-0.3, -0.25) is 14.6 Å². The predicted octanol–water partition coefficient (Wildman–Crippen LogP) is 3.99. The molecule has 4 aromatic heterocycles. The highest BCUT2D eigenvalue weighted by molar-refractivity contribution is 5.95. The van der Waals surface area contributed by atoms with Gasteiger partial charge in [-0.05, 0) is 75.6 Å². The lowest BCUT2D eigenvalue weighted by molar-refractivity contribution is -0.136. The number of fused-ring (bicyclic) bond motifs is 2. The number of hydrogen-bond donors (Lipinski definition) is 1. The average molecular weight is 584 g/mol. The fourth-order valence-electron chi connectivity index (χ4n) is 7.02. The molecule has 1 atom stereocenters. The van der Waals surface area contributed by atoms with Gasteiger partial charge in [-0.15, -0.1) is 0 Å². The SMILES string of the molecule is COCC(=O)N1CCC(c2nccc3cc(-c4nn5cc(C(=O)N6CCC[C@@H](N)C6)ccc5c4C)n(CC4CC4)c23)CC1. The lowest BCUT2D eigenvalue weighted by Gasteiger charge is -2.32. The van der Waals surface area contributed by atoms with E-state index < -0.39 is 0 Å². The second kappa shape index (κ2) is 11.4. The monoisotopic (exact) mass is 583 g/mol. The fraction of sp³-hybridized carbons (Fsp3) is 0.515. The number of hydrogen-bond acceptors (Lipinski definition) is 6. The average Bonchev–Trinajstić information content (AvgIpc) is 3.69. The minimum Gasteiger partial charge on any atom is -0.375 e. The van der Waals surface area contributed by atoms with Gasteiger partial charge in [-0.2, -0.15) is 5.10 Å². The third-order valence-electron chi connectivity index (χ3n) is 9.59. The minimum absolute atomic E-state index is 0.0142. The molecule has 226 valence electrons. The number of piperidine rings is 2. The summed E-state index contributed by atoms with van der Waals surface area (Å²) in [5.41, 5.74) is 13.2. The van der Waals surface area contributed by atoms with E-state index in [-0.39, 0.29) is 30.4 Å². The molecule has 3 fully saturated rings. The summed E-state index contributed by atoms with van der Waals surface area (Å²) in [7, 11) is 1.57. The molecule has 0 bridgehead atoms. The summed E-state index contributed by atoms with van der Waals surface area (Å²) in [6.07, 6.45) is 9.95. The molecule has 3 aliphatic rings. The van der Waals surface area contributed by atoms with Crippen LogP contribution in [0.15, 0.2) is 36.7 Å². The summed E-state index contributed by atoms with van der Waals surface area (Å²) in [5, 5.41) is 6.26. The second-order valence-electron chi connectivity index (χ2n) is 12.7. The van der Waals surface area contributed by atoms with Crippen molar-refractivity contribution < 1.29 is 14.3 Å². The molecular weight excluding hydrogens is 542 g/mol. The maximum absolute atomic E-state index is 13.3. The number of carbonyl (C=O) groups is 2. The number of ether oxygens (including phenoxy) is 1. The summed E-state index contributed by atoms with van der Waals surface area (Å²) in [6.45, 7) is 5.97. The molecule has 2 saturated heterocycles. The van der Waals surface area contributed by atoms with Crippen LogP contribution < -0.4 is 5.73 Å². The van der Waals surface area contributed by atoms with Gasteiger partial charge < -0.3 is 24.8 Å². The number of pyridine rings is 2. The first-order valence-corrected chi connectivity index (χ1v) is 15.7. The molecule has 10 heteroatoms. The lowest BCUT2D eigenvalue weighted by atomic mass is 9.92. The largest absolute Gasteiger partial charge is 0.375 e. The molecule has 43 heavy (non-hydrogen) atoms. The zero-order valence-electron chi connectivity index (χ0n) is 25.2. The Kier molecular flexibility index (Phi) is 7.43. The predicted molar refractivity (Wildman–Crippen MR) is 165 cm³/mol. The molecule has 7 rings (SSSR count). The van der Waals surface area contributed by atoms with Crippen LogP contribution in [0.4, 0.5) is 0 Å². The Morgan fingerprint density at radius 1 is 1.05 bits per heavy atom. The number of aromatic nitrogens is 4. The van der Waals surface area contributed by atoms with Crippen LogP contribution in [-0.2, 0) is 16.1 Å². The topological polar surface area (TPSA) is 111 Å². The normalized spacial score (nSPS) is 19.9. The third kappa shape index (κ3) is 5.31. The maximum atomic E-state index is 13.3. The van der Waals surface area contributed by atoms with Crippen molar-refractivity contribution >= 4 is 28.2 Å². The van der Waals surface area contributed by atoms with Crippen LogP contribution in [0.2, 0.25) is 0 Å². The molecule has 1 aliphatic carbocycles. The Labute approximate surface area is 251 Å². The van der Waals surface area contributed by atoms with E-state index in [4.69, 9.17) is 20.6 Å². The van der Waals surface area contributed by atoms with Gasteiger partial charge in [0.25, 0.3) is 5.91 Å². The lowest BCUT2D eigenvalue weighted by Crippen LogP contribution is -2.45. The van der Waals surface area contributed by atoms with Crippen molar-refractivity contribution in [2.24, 2.45) is 11.7 Å². The van der Waals surface area contributed by atoms with Crippen molar-refractivity contribution in [2.45, 2.75) is 64.0 Å². The van der Waals surface area contributed by atoms with Gasteiger partial charge in [0.2, 0.25) is 5.91 Å². The Morgan fingerprint density at radius 3 is 2.60 bits per heavy atom. The van der Waals surface area contributed by atoms with E-state index in [1.807, 2.05) is 38.8 Å². The summed E-state index contributed by atoms with van der Waals surface area (Å²) < 4.78 is 9.39. The Morgan fingerprint density at radius 2 is 1.86 bits per heavy atom. The van der Waals surface area contributed by atoms with E-state index in [9.17, 15) is 9.59 Å². The molecule has 4 aromatic rings. The second-order valence-corrected chi connectivity index (χ2v) is 12.7. The Bertz CT molecular complexity index is 1680. The number of aryl methyl sites for hydroxylation is 1. The molecule has 2 aliphatic heterocycles.